The second-order valence-electron chi connectivity index (χ2n) is 8.23. The molecule has 0 spiro atoms. The minimum Gasteiger partial charge on any atom is -0.442 e. The SMILES string of the molecule is CC(C)(C)OC(=O)N1CC(Cc2ccccc2)N1C(=O)OC(C)(C)C. The minimum absolute atomic E-state index is 0.134. The molecular formula is C19H28N2O4. The molecule has 0 aromatic heterocycles. The van der Waals surface area contributed by atoms with Gasteiger partial charge in [-0.15, -0.1) is 0 Å². The number of hydrazine groups is 1. The maximum Gasteiger partial charge on any atom is 0.429 e. The Morgan fingerprint density at radius 3 is 2.00 bits per heavy atom. The summed E-state index contributed by atoms with van der Waals surface area (Å²) < 4.78 is 10.8. The van der Waals surface area contributed by atoms with Crippen LogP contribution in [0.3, 0.4) is 0 Å². The topological polar surface area (TPSA) is 59.1 Å². The van der Waals surface area contributed by atoms with E-state index in [0.29, 0.717) is 13.0 Å². The average Bonchev–Trinajstić information content (AvgIpc) is 2.39. The van der Waals surface area contributed by atoms with E-state index in [1.165, 1.54) is 10.0 Å². The lowest BCUT2D eigenvalue weighted by atomic mass is 10.0. The highest BCUT2D eigenvalue weighted by atomic mass is 16.6. The van der Waals surface area contributed by atoms with Crippen molar-refractivity contribution in [3.8, 4) is 0 Å². The Morgan fingerprint density at radius 1 is 0.960 bits per heavy atom. The highest BCUT2D eigenvalue weighted by Crippen LogP contribution is 2.27. The van der Waals surface area contributed by atoms with Gasteiger partial charge in [-0.1, -0.05) is 30.3 Å². The molecule has 1 unspecified atom stereocenters. The molecule has 6 nitrogen and oxygen atoms in total. The fourth-order valence-corrected chi connectivity index (χ4v) is 2.54. The molecule has 0 aliphatic carbocycles. The molecule has 138 valence electrons. The maximum atomic E-state index is 12.6. The number of hydrogen-bond acceptors (Lipinski definition) is 4. The van der Waals surface area contributed by atoms with Crippen molar-refractivity contribution < 1.29 is 19.1 Å². The number of nitrogens with zero attached hydrogens (tertiary/aromatic N) is 2. The van der Waals surface area contributed by atoms with Crippen molar-refractivity contribution >= 4 is 12.2 Å². The van der Waals surface area contributed by atoms with Crippen LogP contribution in [0.5, 0.6) is 0 Å². The van der Waals surface area contributed by atoms with Crippen LogP contribution in [0.25, 0.3) is 0 Å². The number of hydrogen-bond donors (Lipinski definition) is 0. The fraction of sp³-hybridized carbons (Fsp3) is 0.579. The smallest absolute Gasteiger partial charge is 0.429 e. The number of carbonyl (C=O) groups excluding carboxylic acids is 2. The van der Waals surface area contributed by atoms with Gasteiger partial charge in [0, 0.05) is 0 Å². The van der Waals surface area contributed by atoms with Gasteiger partial charge < -0.3 is 9.47 Å². The molecular weight excluding hydrogens is 320 g/mol. The van der Waals surface area contributed by atoms with Crippen LogP contribution in [-0.4, -0.2) is 46.0 Å². The third kappa shape index (κ3) is 5.37. The van der Waals surface area contributed by atoms with Crippen LogP contribution in [-0.2, 0) is 15.9 Å². The Bertz CT molecular complexity index is 617. The third-order valence-electron chi connectivity index (χ3n) is 3.49. The average molecular weight is 348 g/mol. The van der Waals surface area contributed by atoms with Crippen molar-refractivity contribution in [2.24, 2.45) is 0 Å². The zero-order valence-electron chi connectivity index (χ0n) is 15.9. The van der Waals surface area contributed by atoms with E-state index < -0.39 is 23.4 Å². The molecule has 1 saturated heterocycles. The molecule has 1 aromatic carbocycles. The van der Waals surface area contributed by atoms with E-state index in [4.69, 9.17) is 9.47 Å². The summed E-state index contributed by atoms with van der Waals surface area (Å²) in [6, 6.07) is 9.73. The summed E-state index contributed by atoms with van der Waals surface area (Å²) in [5.74, 6) is 0. The van der Waals surface area contributed by atoms with Crippen LogP contribution < -0.4 is 0 Å². The van der Waals surface area contributed by atoms with Gasteiger partial charge in [-0.2, -0.15) is 0 Å². The van der Waals surface area contributed by atoms with E-state index in [-0.39, 0.29) is 6.04 Å². The van der Waals surface area contributed by atoms with E-state index >= 15 is 0 Å². The van der Waals surface area contributed by atoms with E-state index in [0.717, 1.165) is 5.56 Å². The molecule has 0 N–H and O–H groups in total. The van der Waals surface area contributed by atoms with Gasteiger partial charge >= 0.3 is 12.2 Å². The molecule has 6 heteroatoms. The lowest BCUT2D eigenvalue weighted by molar-refractivity contribution is -0.140. The van der Waals surface area contributed by atoms with E-state index in [9.17, 15) is 9.59 Å². The molecule has 0 saturated carbocycles. The first-order valence-corrected chi connectivity index (χ1v) is 8.53. The third-order valence-corrected chi connectivity index (χ3v) is 3.49. The zero-order chi connectivity index (χ0) is 18.8. The summed E-state index contributed by atoms with van der Waals surface area (Å²) in [6.45, 7) is 11.2. The summed E-state index contributed by atoms with van der Waals surface area (Å²) in [7, 11) is 0. The summed E-state index contributed by atoms with van der Waals surface area (Å²) >= 11 is 0. The number of ether oxygens (including phenoxy) is 2. The van der Waals surface area contributed by atoms with Crippen LogP contribution >= 0.6 is 0 Å². The van der Waals surface area contributed by atoms with Crippen molar-refractivity contribution in [3.63, 3.8) is 0 Å². The first-order chi connectivity index (χ1) is 11.5. The Labute approximate surface area is 149 Å². The van der Waals surface area contributed by atoms with Gasteiger partial charge in [-0.05, 0) is 53.5 Å². The van der Waals surface area contributed by atoms with Gasteiger partial charge in [-0.25, -0.2) is 19.6 Å². The van der Waals surface area contributed by atoms with Crippen molar-refractivity contribution in [2.75, 3.05) is 6.54 Å². The van der Waals surface area contributed by atoms with Gasteiger partial charge in [0.25, 0.3) is 0 Å². The molecule has 0 radical (unpaired) electrons. The number of benzene rings is 1. The van der Waals surface area contributed by atoms with Crippen LogP contribution in [0.2, 0.25) is 0 Å². The summed E-state index contributed by atoms with van der Waals surface area (Å²) in [5, 5.41) is 2.68. The minimum atomic E-state index is -0.635. The van der Waals surface area contributed by atoms with E-state index in [1.54, 1.807) is 41.5 Å². The summed E-state index contributed by atoms with van der Waals surface area (Å²) in [5.41, 5.74) is -0.157. The Morgan fingerprint density at radius 2 is 1.48 bits per heavy atom. The van der Waals surface area contributed by atoms with Gasteiger partial charge in [0.1, 0.15) is 11.2 Å². The number of carbonyl (C=O) groups is 2. The highest BCUT2D eigenvalue weighted by Gasteiger charge is 2.46. The molecule has 1 aliphatic rings. The number of amides is 2. The van der Waals surface area contributed by atoms with Crippen molar-refractivity contribution in [3.05, 3.63) is 35.9 Å². The zero-order valence-corrected chi connectivity index (χ0v) is 15.9. The van der Waals surface area contributed by atoms with Gasteiger partial charge in [-0.3, -0.25) is 0 Å². The van der Waals surface area contributed by atoms with Gasteiger partial charge in [0.05, 0.1) is 12.6 Å². The molecule has 25 heavy (non-hydrogen) atoms. The highest BCUT2D eigenvalue weighted by molar-refractivity contribution is 5.77. The van der Waals surface area contributed by atoms with Gasteiger partial charge in [0.15, 0.2) is 0 Å². The monoisotopic (exact) mass is 348 g/mol. The molecule has 2 amide bonds. The number of rotatable bonds is 2. The Balaban J connectivity index is 2.12. The normalized spacial score (nSPS) is 17.8. The molecule has 1 aromatic rings. The molecule has 1 atom stereocenters. The van der Waals surface area contributed by atoms with E-state index in [1.807, 2.05) is 30.3 Å². The van der Waals surface area contributed by atoms with Crippen LogP contribution in [0.1, 0.15) is 47.1 Å². The van der Waals surface area contributed by atoms with Crippen LogP contribution in [0.15, 0.2) is 30.3 Å². The largest absolute Gasteiger partial charge is 0.442 e. The Hall–Kier alpha value is -2.24. The summed E-state index contributed by atoms with van der Waals surface area (Å²) in [6.07, 6.45) is -0.424. The second kappa shape index (κ2) is 6.94. The van der Waals surface area contributed by atoms with Crippen LogP contribution in [0.4, 0.5) is 9.59 Å². The van der Waals surface area contributed by atoms with E-state index in [2.05, 4.69) is 0 Å². The van der Waals surface area contributed by atoms with Crippen LogP contribution in [0, 0.1) is 0 Å². The predicted octanol–water partition coefficient (Wildman–Crippen LogP) is 4.00. The molecule has 1 heterocycles. The lowest BCUT2D eigenvalue weighted by Crippen LogP contribution is -2.69. The predicted molar refractivity (Wildman–Crippen MR) is 94.9 cm³/mol. The standard InChI is InChI=1S/C19H28N2O4/c1-18(2,3)24-16(22)20-13-15(12-14-10-8-7-9-11-14)21(20)17(23)25-19(4,5)6/h7-11,15H,12-13H2,1-6H3. The van der Waals surface area contributed by atoms with Gasteiger partial charge in [0.2, 0.25) is 0 Å². The quantitative estimate of drug-likeness (QED) is 0.810. The van der Waals surface area contributed by atoms with Crippen molar-refractivity contribution in [1.29, 1.82) is 0 Å². The molecule has 1 aliphatic heterocycles. The second-order valence-corrected chi connectivity index (χ2v) is 8.23. The molecule has 1 fully saturated rings. The first kappa shape index (κ1) is 19.1. The molecule has 0 bridgehead atoms. The van der Waals surface area contributed by atoms with Crippen molar-refractivity contribution in [2.45, 2.75) is 65.2 Å². The molecule has 2 rings (SSSR count). The lowest BCUT2D eigenvalue weighted by Gasteiger charge is -2.49. The fourth-order valence-electron chi connectivity index (χ4n) is 2.54. The Kier molecular flexibility index (Phi) is 5.30. The maximum absolute atomic E-state index is 12.6. The first-order valence-electron chi connectivity index (χ1n) is 8.53. The summed E-state index contributed by atoms with van der Waals surface area (Å²) in [4.78, 5) is 24.9. The van der Waals surface area contributed by atoms with Crippen molar-refractivity contribution in [1.82, 2.24) is 10.0 Å².